The average molecular weight is 442 g/mol. The Balaban J connectivity index is 1.69. The van der Waals surface area contributed by atoms with Crippen molar-refractivity contribution in [1.29, 1.82) is 0 Å². The number of hydrogen-bond acceptors (Lipinski definition) is 8. The first-order valence-electron chi connectivity index (χ1n) is 10.6. The van der Waals surface area contributed by atoms with Gasteiger partial charge in [-0.2, -0.15) is 0 Å². The molecule has 0 unspecified atom stereocenters. The summed E-state index contributed by atoms with van der Waals surface area (Å²) in [7, 11) is 4.76. The normalized spacial score (nSPS) is 22.1. The zero-order chi connectivity index (χ0) is 22.4. The lowest BCUT2D eigenvalue weighted by Crippen LogP contribution is -2.40. The number of carbonyl (C=O) groups is 1. The predicted molar refractivity (Wildman–Crippen MR) is 113 cm³/mol. The molecule has 2 aromatic carbocycles. The molecule has 8 nitrogen and oxygen atoms in total. The Labute approximate surface area is 186 Å². The molecule has 0 saturated carbocycles. The molecular weight excluding hydrogens is 416 g/mol. The lowest BCUT2D eigenvalue weighted by atomic mass is 9.65. The van der Waals surface area contributed by atoms with Crippen LogP contribution in [0, 0.1) is 11.8 Å². The zero-order valence-electron chi connectivity index (χ0n) is 18.6. The second-order valence-electron chi connectivity index (χ2n) is 8.19. The Bertz CT molecular complexity index is 1060. The predicted octanol–water partition coefficient (Wildman–Crippen LogP) is 3.32. The van der Waals surface area contributed by atoms with Crippen LogP contribution in [0.15, 0.2) is 18.2 Å². The smallest absolute Gasteiger partial charge is 0.302 e. The molecule has 3 atom stereocenters. The van der Waals surface area contributed by atoms with Gasteiger partial charge < -0.3 is 33.2 Å². The number of carbonyl (C=O) groups excluding carboxylic acids is 1. The second kappa shape index (κ2) is 8.00. The summed E-state index contributed by atoms with van der Waals surface area (Å²) in [6.45, 7) is 2.43. The van der Waals surface area contributed by atoms with Crippen LogP contribution in [0.25, 0.3) is 0 Å². The molecule has 2 heterocycles. The van der Waals surface area contributed by atoms with Crippen molar-refractivity contribution in [1.82, 2.24) is 0 Å². The summed E-state index contributed by atoms with van der Waals surface area (Å²) in [4.78, 5) is 11.5. The third-order valence-electron chi connectivity index (χ3n) is 6.55. The molecule has 0 saturated heterocycles. The SMILES string of the molecule is COc1cc2c(c(OC)c1OC)OC[C@H]1[C@H](COC(C)=O)Cc3cc4c(cc3[C@@H]21)OCO4. The van der Waals surface area contributed by atoms with Crippen molar-refractivity contribution in [2.45, 2.75) is 19.3 Å². The molecule has 0 fully saturated rings. The Morgan fingerprint density at radius 1 is 0.969 bits per heavy atom. The van der Waals surface area contributed by atoms with Crippen molar-refractivity contribution in [2.75, 3.05) is 41.3 Å². The van der Waals surface area contributed by atoms with Gasteiger partial charge in [0.2, 0.25) is 18.3 Å². The fourth-order valence-corrected chi connectivity index (χ4v) is 5.15. The first-order chi connectivity index (χ1) is 15.5. The molecular formula is C24H26O8. The molecule has 1 aliphatic carbocycles. The fourth-order valence-electron chi connectivity index (χ4n) is 5.15. The maximum atomic E-state index is 11.5. The van der Waals surface area contributed by atoms with Crippen LogP contribution in [0.2, 0.25) is 0 Å². The van der Waals surface area contributed by atoms with Crippen molar-refractivity contribution in [3.8, 4) is 34.5 Å². The molecule has 3 aliphatic rings. The summed E-state index contributed by atoms with van der Waals surface area (Å²) in [6, 6.07) is 6.06. The highest BCUT2D eigenvalue weighted by molar-refractivity contribution is 5.67. The van der Waals surface area contributed by atoms with Gasteiger partial charge >= 0.3 is 5.97 Å². The second-order valence-corrected chi connectivity index (χ2v) is 8.19. The van der Waals surface area contributed by atoms with E-state index in [1.165, 1.54) is 6.92 Å². The molecule has 2 aromatic rings. The number of rotatable bonds is 5. The number of fused-ring (bicyclic) bond motifs is 6. The van der Waals surface area contributed by atoms with Gasteiger partial charge in [0.1, 0.15) is 0 Å². The van der Waals surface area contributed by atoms with E-state index in [1.807, 2.05) is 12.1 Å². The highest BCUT2D eigenvalue weighted by Crippen LogP contribution is 2.57. The number of esters is 1. The largest absolute Gasteiger partial charge is 0.493 e. The van der Waals surface area contributed by atoms with Crippen LogP contribution >= 0.6 is 0 Å². The van der Waals surface area contributed by atoms with E-state index in [9.17, 15) is 4.79 Å². The number of methoxy groups -OCH3 is 3. The van der Waals surface area contributed by atoms with Gasteiger partial charge in [0, 0.05) is 30.2 Å². The number of hydrogen-bond donors (Lipinski definition) is 0. The fraction of sp³-hybridized carbons (Fsp3) is 0.458. The third kappa shape index (κ3) is 3.16. The summed E-state index contributed by atoms with van der Waals surface area (Å²) in [5.74, 6) is 3.55. The van der Waals surface area contributed by atoms with E-state index in [-0.39, 0.29) is 30.5 Å². The van der Waals surface area contributed by atoms with Crippen LogP contribution in [0.4, 0.5) is 0 Å². The molecule has 170 valence electrons. The van der Waals surface area contributed by atoms with Gasteiger partial charge in [-0.1, -0.05) is 0 Å². The van der Waals surface area contributed by atoms with Gasteiger partial charge in [0.15, 0.2) is 23.0 Å². The van der Waals surface area contributed by atoms with Crippen LogP contribution in [-0.2, 0) is 16.0 Å². The third-order valence-corrected chi connectivity index (χ3v) is 6.55. The number of benzene rings is 2. The highest BCUT2D eigenvalue weighted by atomic mass is 16.7. The van der Waals surface area contributed by atoms with E-state index >= 15 is 0 Å². The van der Waals surface area contributed by atoms with Crippen LogP contribution in [0.3, 0.4) is 0 Å². The summed E-state index contributed by atoms with van der Waals surface area (Å²) in [6.07, 6.45) is 0.754. The van der Waals surface area contributed by atoms with Gasteiger partial charge in [-0.15, -0.1) is 0 Å². The number of ether oxygens (including phenoxy) is 7. The summed E-state index contributed by atoms with van der Waals surface area (Å²) in [5, 5.41) is 0. The highest BCUT2D eigenvalue weighted by Gasteiger charge is 2.45. The minimum absolute atomic E-state index is 0.0220. The van der Waals surface area contributed by atoms with E-state index in [0.717, 1.165) is 34.6 Å². The van der Waals surface area contributed by atoms with Crippen LogP contribution < -0.4 is 28.4 Å². The molecule has 0 bridgehead atoms. The Kier molecular flexibility index (Phi) is 5.15. The van der Waals surface area contributed by atoms with Crippen LogP contribution in [0.1, 0.15) is 29.5 Å². The Hall–Kier alpha value is -3.29. The first-order valence-corrected chi connectivity index (χ1v) is 10.6. The molecule has 0 aromatic heterocycles. The van der Waals surface area contributed by atoms with E-state index in [2.05, 4.69) is 6.07 Å². The molecule has 0 amide bonds. The topological polar surface area (TPSA) is 81.7 Å². The average Bonchev–Trinajstić information content (AvgIpc) is 3.26. The van der Waals surface area contributed by atoms with E-state index in [0.29, 0.717) is 36.2 Å². The molecule has 0 radical (unpaired) electrons. The summed E-state index contributed by atoms with van der Waals surface area (Å²) >= 11 is 0. The van der Waals surface area contributed by atoms with Crippen molar-refractivity contribution in [3.63, 3.8) is 0 Å². The van der Waals surface area contributed by atoms with Crippen LogP contribution in [0.5, 0.6) is 34.5 Å². The monoisotopic (exact) mass is 442 g/mol. The van der Waals surface area contributed by atoms with E-state index in [1.54, 1.807) is 21.3 Å². The lowest BCUT2D eigenvalue weighted by Gasteiger charge is -2.43. The molecule has 2 aliphatic heterocycles. The molecule has 5 rings (SSSR count). The molecule has 8 heteroatoms. The van der Waals surface area contributed by atoms with Crippen LogP contribution in [-0.4, -0.2) is 47.3 Å². The minimum Gasteiger partial charge on any atom is -0.493 e. The minimum atomic E-state index is -0.289. The maximum absolute atomic E-state index is 11.5. The van der Waals surface area contributed by atoms with Crippen molar-refractivity contribution >= 4 is 5.97 Å². The Morgan fingerprint density at radius 2 is 1.72 bits per heavy atom. The van der Waals surface area contributed by atoms with Crippen molar-refractivity contribution in [2.24, 2.45) is 11.8 Å². The van der Waals surface area contributed by atoms with E-state index < -0.39 is 0 Å². The summed E-state index contributed by atoms with van der Waals surface area (Å²) in [5.41, 5.74) is 3.25. The van der Waals surface area contributed by atoms with Crippen molar-refractivity contribution < 1.29 is 38.0 Å². The molecule has 32 heavy (non-hydrogen) atoms. The standard InChI is InChI=1S/C24H26O8/c1-12(25)29-9-14-5-13-6-18-19(32-11-31-18)7-15(13)21-16-8-20(26-2)23(27-3)24(28-4)22(16)30-10-17(14)21/h6-8,14,17,21H,5,9-11H2,1-4H3/t14-,17-,21-/m0/s1. The maximum Gasteiger partial charge on any atom is 0.302 e. The molecule has 0 spiro atoms. The quantitative estimate of drug-likeness (QED) is 0.653. The zero-order valence-corrected chi connectivity index (χ0v) is 18.6. The Morgan fingerprint density at radius 3 is 2.41 bits per heavy atom. The molecule has 0 N–H and O–H groups in total. The summed E-state index contributed by atoms with van der Waals surface area (Å²) < 4.78 is 39.8. The van der Waals surface area contributed by atoms with E-state index in [4.69, 9.17) is 33.2 Å². The lowest BCUT2D eigenvalue weighted by molar-refractivity contribution is -0.143. The first kappa shape index (κ1) is 20.6. The van der Waals surface area contributed by atoms with Gasteiger partial charge in [-0.3, -0.25) is 4.79 Å². The van der Waals surface area contributed by atoms with Gasteiger partial charge in [0.05, 0.1) is 34.5 Å². The van der Waals surface area contributed by atoms with Gasteiger partial charge in [-0.05, 0) is 35.7 Å². The van der Waals surface area contributed by atoms with Gasteiger partial charge in [0.25, 0.3) is 0 Å². The van der Waals surface area contributed by atoms with Gasteiger partial charge in [-0.25, -0.2) is 0 Å². The van der Waals surface area contributed by atoms with Crippen molar-refractivity contribution in [3.05, 3.63) is 34.9 Å².